The normalized spacial score (nSPS) is 14.1. The number of hydrogen-bond donors (Lipinski definition) is 1. The second-order valence-corrected chi connectivity index (χ2v) is 8.67. The van der Waals surface area contributed by atoms with Gasteiger partial charge in [-0.25, -0.2) is 4.98 Å². The quantitative estimate of drug-likeness (QED) is 0.560. The van der Waals surface area contributed by atoms with Crippen LogP contribution in [0, 0.1) is 6.92 Å². The molecule has 1 aliphatic rings. The molecule has 1 fully saturated rings. The number of anilines is 2. The van der Waals surface area contributed by atoms with E-state index < -0.39 is 0 Å². The third kappa shape index (κ3) is 4.82. The Labute approximate surface area is 183 Å². The number of aromatic nitrogens is 4. The summed E-state index contributed by atoms with van der Waals surface area (Å²) in [7, 11) is 0. The van der Waals surface area contributed by atoms with Gasteiger partial charge in [-0.05, 0) is 13.8 Å². The second kappa shape index (κ2) is 9.59. The number of nitrogens with zero attached hydrogens (tertiary/aromatic N) is 5. The van der Waals surface area contributed by atoms with E-state index in [0.29, 0.717) is 18.3 Å². The van der Waals surface area contributed by atoms with Crippen LogP contribution in [0.1, 0.15) is 12.5 Å². The Bertz CT molecular complexity index is 995. The van der Waals surface area contributed by atoms with Crippen LogP contribution in [0.25, 0.3) is 11.3 Å². The highest BCUT2D eigenvalue weighted by molar-refractivity contribution is 7.99. The zero-order valence-corrected chi connectivity index (χ0v) is 18.6. The Kier molecular flexibility index (Phi) is 6.66. The van der Waals surface area contributed by atoms with Gasteiger partial charge in [0.05, 0.1) is 24.7 Å². The summed E-state index contributed by atoms with van der Waals surface area (Å²) in [4.78, 5) is 19.1. The zero-order chi connectivity index (χ0) is 20.9. The van der Waals surface area contributed by atoms with Crippen molar-refractivity contribution in [1.29, 1.82) is 0 Å². The first-order chi connectivity index (χ1) is 14.6. The zero-order valence-electron chi connectivity index (χ0n) is 17.0. The predicted molar refractivity (Wildman–Crippen MR) is 120 cm³/mol. The van der Waals surface area contributed by atoms with Gasteiger partial charge in [-0.3, -0.25) is 9.36 Å². The molecule has 158 valence electrons. The molecule has 0 aliphatic carbocycles. The lowest BCUT2D eigenvalue weighted by Crippen LogP contribution is -2.38. The largest absolute Gasteiger partial charge is 0.378 e. The van der Waals surface area contributed by atoms with E-state index in [4.69, 9.17) is 4.74 Å². The van der Waals surface area contributed by atoms with Gasteiger partial charge in [-0.2, -0.15) is 0 Å². The smallest absolute Gasteiger partial charge is 0.236 e. The number of aryl methyl sites for hydroxylation is 1. The molecule has 0 unspecified atom stereocenters. The molecule has 30 heavy (non-hydrogen) atoms. The average molecular weight is 445 g/mol. The summed E-state index contributed by atoms with van der Waals surface area (Å²) in [6.07, 6.45) is 0. The van der Waals surface area contributed by atoms with Crippen LogP contribution in [0.15, 0.2) is 34.8 Å². The minimum absolute atomic E-state index is 0.108. The number of nitrogens with one attached hydrogen (secondary N) is 1. The molecular weight excluding hydrogens is 420 g/mol. The number of hydrogen-bond acceptors (Lipinski definition) is 8. The number of ether oxygens (including phenoxy) is 1. The van der Waals surface area contributed by atoms with Crippen molar-refractivity contribution in [2.45, 2.75) is 25.5 Å². The van der Waals surface area contributed by atoms with Crippen LogP contribution in [-0.4, -0.2) is 57.7 Å². The average Bonchev–Trinajstić information content (AvgIpc) is 3.40. The first-order valence-corrected chi connectivity index (χ1v) is 11.7. The van der Waals surface area contributed by atoms with Crippen molar-refractivity contribution in [2.24, 2.45) is 0 Å². The molecule has 2 aromatic heterocycles. The molecule has 1 aromatic carbocycles. The van der Waals surface area contributed by atoms with E-state index in [-0.39, 0.29) is 11.7 Å². The van der Waals surface area contributed by atoms with E-state index in [9.17, 15) is 4.79 Å². The Morgan fingerprint density at radius 2 is 2.00 bits per heavy atom. The first-order valence-electron chi connectivity index (χ1n) is 9.85. The van der Waals surface area contributed by atoms with Crippen molar-refractivity contribution in [3.8, 4) is 11.3 Å². The number of rotatable bonds is 7. The lowest BCUT2D eigenvalue weighted by atomic mass is 10.1. The topological polar surface area (TPSA) is 85.2 Å². The van der Waals surface area contributed by atoms with Crippen LogP contribution in [-0.2, 0) is 16.1 Å². The third-order valence-corrected chi connectivity index (χ3v) is 6.46. The molecule has 0 radical (unpaired) electrons. The number of benzene rings is 1. The summed E-state index contributed by atoms with van der Waals surface area (Å²) in [6, 6.07) is 8.18. The molecular formula is C20H24N6O2S2. The molecule has 0 spiro atoms. The maximum atomic E-state index is 12.4. The molecule has 10 heteroatoms. The van der Waals surface area contributed by atoms with Crippen molar-refractivity contribution < 1.29 is 9.53 Å². The van der Waals surface area contributed by atoms with Gasteiger partial charge in [-0.15, -0.1) is 21.5 Å². The van der Waals surface area contributed by atoms with E-state index >= 15 is 0 Å². The van der Waals surface area contributed by atoms with Crippen molar-refractivity contribution in [3.63, 3.8) is 0 Å². The maximum Gasteiger partial charge on any atom is 0.236 e. The molecule has 3 heterocycles. The number of thioether (sulfide) groups is 1. The highest BCUT2D eigenvalue weighted by Crippen LogP contribution is 2.26. The predicted octanol–water partition coefficient (Wildman–Crippen LogP) is 3.30. The fourth-order valence-electron chi connectivity index (χ4n) is 3.14. The van der Waals surface area contributed by atoms with Gasteiger partial charge in [0.2, 0.25) is 11.9 Å². The monoisotopic (exact) mass is 444 g/mol. The molecule has 3 aromatic rings. The van der Waals surface area contributed by atoms with Crippen molar-refractivity contribution in [2.75, 3.05) is 42.3 Å². The van der Waals surface area contributed by atoms with Crippen molar-refractivity contribution in [1.82, 2.24) is 19.7 Å². The van der Waals surface area contributed by atoms with E-state index in [0.717, 1.165) is 42.0 Å². The van der Waals surface area contributed by atoms with E-state index in [1.807, 2.05) is 22.1 Å². The van der Waals surface area contributed by atoms with Crippen LogP contribution in [0.4, 0.5) is 11.1 Å². The van der Waals surface area contributed by atoms with Gasteiger partial charge in [0.15, 0.2) is 10.3 Å². The molecule has 0 bridgehead atoms. The minimum Gasteiger partial charge on any atom is -0.378 e. The number of amides is 1. The molecule has 1 aliphatic heterocycles. The Hall–Kier alpha value is -2.43. The summed E-state index contributed by atoms with van der Waals surface area (Å²) in [5.74, 6) is 0.982. The molecule has 1 N–H and O–H groups in total. The molecule has 0 saturated carbocycles. The number of carbonyl (C=O) groups is 1. The number of morpholine rings is 1. The van der Waals surface area contributed by atoms with Crippen molar-refractivity contribution in [3.05, 3.63) is 35.2 Å². The lowest BCUT2D eigenvalue weighted by molar-refractivity contribution is -0.113. The summed E-state index contributed by atoms with van der Waals surface area (Å²) < 4.78 is 7.45. The number of thiazole rings is 1. The molecule has 8 nitrogen and oxygen atoms in total. The van der Waals surface area contributed by atoms with Gasteiger partial charge >= 0.3 is 0 Å². The Morgan fingerprint density at radius 3 is 2.73 bits per heavy atom. The summed E-state index contributed by atoms with van der Waals surface area (Å²) in [5, 5.41) is 14.8. The van der Waals surface area contributed by atoms with Crippen LogP contribution >= 0.6 is 23.1 Å². The molecule has 0 atom stereocenters. The molecule has 4 rings (SSSR count). The highest BCUT2D eigenvalue weighted by atomic mass is 32.2. The van der Waals surface area contributed by atoms with Crippen LogP contribution in [0.5, 0.6) is 0 Å². The van der Waals surface area contributed by atoms with Crippen molar-refractivity contribution >= 4 is 40.1 Å². The Balaban J connectivity index is 1.35. The lowest BCUT2D eigenvalue weighted by Gasteiger charge is -2.27. The van der Waals surface area contributed by atoms with Gasteiger partial charge < -0.3 is 15.0 Å². The summed E-state index contributed by atoms with van der Waals surface area (Å²) >= 11 is 2.81. The van der Waals surface area contributed by atoms with Gasteiger partial charge in [0.1, 0.15) is 0 Å². The SMILES string of the molecule is CCn1c(SCC(=O)Nc2nc(-c3ccc(C)cc3)cs2)nnc1N1CCOCC1. The molecule has 1 amide bonds. The minimum atomic E-state index is -0.108. The van der Waals surface area contributed by atoms with E-state index in [1.54, 1.807) is 0 Å². The third-order valence-electron chi connectivity index (χ3n) is 4.74. The van der Waals surface area contributed by atoms with E-state index in [2.05, 4.69) is 51.4 Å². The van der Waals surface area contributed by atoms with Gasteiger partial charge in [-0.1, -0.05) is 41.6 Å². The summed E-state index contributed by atoms with van der Waals surface area (Å²) in [5.41, 5.74) is 3.11. The van der Waals surface area contributed by atoms with Gasteiger partial charge in [0, 0.05) is 30.6 Å². The van der Waals surface area contributed by atoms with E-state index in [1.165, 1.54) is 28.7 Å². The standard InChI is InChI=1S/C20H24N6O2S2/c1-3-26-19(25-8-10-28-11-9-25)23-24-20(26)30-13-17(27)22-18-21-16(12-29-18)15-6-4-14(2)5-7-15/h4-7,12H,3,8-11,13H2,1-2H3,(H,21,22,27). The van der Waals surface area contributed by atoms with Gasteiger partial charge in [0.25, 0.3) is 0 Å². The summed E-state index contributed by atoms with van der Waals surface area (Å²) in [6.45, 7) is 7.85. The Morgan fingerprint density at radius 1 is 1.23 bits per heavy atom. The van der Waals surface area contributed by atoms with Crippen LogP contribution in [0.3, 0.4) is 0 Å². The first kappa shape index (κ1) is 20.8. The maximum absolute atomic E-state index is 12.4. The fraction of sp³-hybridized carbons (Fsp3) is 0.400. The highest BCUT2D eigenvalue weighted by Gasteiger charge is 2.20. The second-order valence-electron chi connectivity index (χ2n) is 6.87. The van der Waals surface area contributed by atoms with Crippen LogP contribution < -0.4 is 10.2 Å². The van der Waals surface area contributed by atoms with Crippen LogP contribution in [0.2, 0.25) is 0 Å². The number of carbonyl (C=O) groups excluding carboxylic acids is 1. The molecule has 1 saturated heterocycles. The fourth-order valence-corrected chi connectivity index (χ4v) is 4.67.